The van der Waals surface area contributed by atoms with Gasteiger partial charge in [-0.05, 0) is 40.8 Å². The van der Waals surface area contributed by atoms with E-state index in [9.17, 15) is 0 Å². The van der Waals surface area contributed by atoms with E-state index < -0.39 is 0 Å². The third-order valence-electron chi connectivity index (χ3n) is 4.42. The van der Waals surface area contributed by atoms with Crippen LogP contribution in [0.5, 0.6) is 11.5 Å². The van der Waals surface area contributed by atoms with Crippen molar-refractivity contribution in [3.8, 4) is 22.1 Å². The second kappa shape index (κ2) is 8.06. The summed E-state index contributed by atoms with van der Waals surface area (Å²) in [7, 11) is 0. The molecule has 29 heavy (non-hydrogen) atoms. The van der Waals surface area contributed by atoms with Crippen molar-refractivity contribution in [1.29, 1.82) is 0 Å². The standard InChI is InChI=1S/C22H17N3O2S2/c1-2-5-16(6-3-1)12-23-22-25(18(14-29-22)21-7-4-10-28-21)24-13-17-8-9-19-20(11-17)27-15-26-19/h1-11,13-14H,12,15H2. The highest BCUT2D eigenvalue weighted by Crippen LogP contribution is 2.32. The molecule has 1 aliphatic rings. The lowest BCUT2D eigenvalue weighted by Gasteiger charge is -2.02. The molecule has 0 spiro atoms. The van der Waals surface area contributed by atoms with E-state index in [-0.39, 0.29) is 6.79 Å². The van der Waals surface area contributed by atoms with Crippen molar-refractivity contribution >= 4 is 28.9 Å². The molecule has 0 N–H and O–H groups in total. The predicted octanol–water partition coefficient (Wildman–Crippen LogP) is 4.99. The van der Waals surface area contributed by atoms with Gasteiger partial charge in [-0.2, -0.15) is 5.10 Å². The Morgan fingerprint density at radius 1 is 0.966 bits per heavy atom. The van der Waals surface area contributed by atoms with Gasteiger partial charge in [-0.15, -0.1) is 22.7 Å². The third-order valence-corrected chi connectivity index (χ3v) is 6.16. The van der Waals surface area contributed by atoms with Crippen molar-refractivity contribution in [2.75, 3.05) is 6.79 Å². The van der Waals surface area contributed by atoms with Crippen LogP contribution in [-0.4, -0.2) is 17.7 Å². The van der Waals surface area contributed by atoms with Crippen LogP contribution in [0.1, 0.15) is 11.1 Å². The Labute approximate surface area is 175 Å². The van der Waals surface area contributed by atoms with Gasteiger partial charge < -0.3 is 9.47 Å². The quantitative estimate of drug-likeness (QED) is 0.428. The monoisotopic (exact) mass is 419 g/mol. The van der Waals surface area contributed by atoms with Crippen LogP contribution in [0.15, 0.2) is 81.5 Å². The average Bonchev–Trinajstić information content (AvgIpc) is 3.51. The molecule has 0 bridgehead atoms. The van der Waals surface area contributed by atoms with E-state index in [2.05, 4.69) is 29.0 Å². The van der Waals surface area contributed by atoms with Crippen molar-refractivity contribution in [3.05, 3.63) is 87.4 Å². The first kappa shape index (κ1) is 17.9. The van der Waals surface area contributed by atoms with Gasteiger partial charge in [0.1, 0.15) is 0 Å². The van der Waals surface area contributed by atoms with Crippen LogP contribution in [0.2, 0.25) is 0 Å². The van der Waals surface area contributed by atoms with Crippen molar-refractivity contribution in [2.24, 2.45) is 10.1 Å². The van der Waals surface area contributed by atoms with Crippen molar-refractivity contribution < 1.29 is 9.47 Å². The Morgan fingerprint density at radius 2 is 1.86 bits per heavy atom. The van der Waals surface area contributed by atoms with Crippen LogP contribution < -0.4 is 14.3 Å². The summed E-state index contributed by atoms with van der Waals surface area (Å²) in [6, 6.07) is 20.2. The van der Waals surface area contributed by atoms with Gasteiger partial charge in [0.05, 0.1) is 23.3 Å². The number of hydrogen-bond donors (Lipinski definition) is 0. The molecular weight excluding hydrogens is 402 g/mol. The maximum Gasteiger partial charge on any atom is 0.231 e. The molecule has 4 aromatic rings. The molecule has 2 aromatic heterocycles. The Morgan fingerprint density at radius 3 is 2.72 bits per heavy atom. The number of nitrogens with zero attached hydrogens (tertiary/aromatic N) is 3. The number of fused-ring (bicyclic) bond motifs is 1. The van der Waals surface area contributed by atoms with Crippen molar-refractivity contribution in [3.63, 3.8) is 0 Å². The zero-order chi connectivity index (χ0) is 19.5. The normalized spacial score (nSPS) is 13.4. The van der Waals surface area contributed by atoms with E-state index in [0.717, 1.165) is 32.4 Å². The van der Waals surface area contributed by atoms with Crippen LogP contribution in [0.4, 0.5) is 0 Å². The molecule has 0 amide bonds. The Balaban J connectivity index is 1.52. The summed E-state index contributed by atoms with van der Waals surface area (Å²) >= 11 is 3.28. The molecule has 0 atom stereocenters. The second-order valence-corrected chi connectivity index (χ2v) is 8.14. The first-order chi connectivity index (χ1) is 14.4. The molecular formula is C22H17N3O2S2. The van der Waals surface area contributed by atoms with Gasteiger partial charge in [-0.1, -0.05) is 36.4 Å². The van der Waals surface area contributed by atoms with Gasteiger partial charge in [0.15, 0.2) is 11.5 Å². The molecule has 5 rings (SSSR count). The largest absolute Gasteiger partial charge is 0.454 e. The number of hydrogen-bond acceptors (Lipinski definition) is 6. The van der Waals surface area contributed by atoms with E-state index in [0.29, 0.717) is 6.54 Å². The molecule has 144 valence electrons. The Hall–Kier alpha value is -3.16. The highest BCUT2D eigenvalue weighted by molar-refractivity contribution is 7.14. The summed E-state index contributed by atoms with van der Waals surface area (Å²) in [6.07, 6.45) is 1.83. The lowest BCUT2D eigenvalue weighted by molar-refractivity contribution is 0.174. The fourth-order valence-corrected chi connectivity index (χ4v) is 4.60. The van der Waals surface area contributed by atoms with Gasteiger partial charge in [-0.25, -0.2) is 4.68 Å². The van der Waals surface area contributed by atoms with Gasteiger partial charge in [0, 0.05) is 5.38 Å². The summed E-state index contributed by atoms with van der Waals surface area (Å²) < 4.78 is 12.8. The topological polar surface area (TPSA) is 48.1 Å². The lowest BCUT2D eigenvalue weighted by atomic mass is 10.2. The Bertz CT molecular complexity index is 1210. The highest BCUT2D eigenvalue weighted by atomic mass is 32.1. The number of rotatable bonds is 5. The van der Waals surface area contributed by atoms with E-state index in [1.165, 1.54) is 5.56 Å². The molecule has 0 saturated heterocycles. The maximum absolute atomic E-state index is 5.46. The van der Waals surface area contributed by atoms with Crippen LogP contribution >= 0.6 is 22.7 Å². The van der Waals surface area contributed by atoms with E-state index in [1.807, 2.05) is 53.4 Å². The highest BCUT2D eigenvalue weighted by Gasteiger charge is 2.13. The summed E-state index contributed by atoms with van der Waals surface area (Å²) in [5.41, 5.74) is 3.15. The average molecular weight is 420 g/mol. The molecule has 0 saturated carbocycles. The van der Waals surface area contributed by atoms with E-state index in [1.54, 1.807) is 22.7 Å². The molecule has 0 radical (unpaired) electrons. The first-order valence-corrected chi connectivity index (χ1v) is 10.9. The third kappa shape index (κ3) is 3.87. The molecule has 2 aromatic carbocycles. The smallest absolute Gasteiger partial charge is 0.231 e. The van der Waals surface area contributed by atoms with Crippen molar-refractivity contribution in [1.82, 2.24) is 4.68 Å². The maximum atomic E-state index is 5.46. The fraction of sp³-hybridized carbons (Fsp3) is 0.0909. The lowest BCUT2D eigenvalue weighted by Crippen LogP contribution is -2.12. The summed E-state index contributed by atoms with van der Waals surface area (Å²) in [4.78, 5) is 6.82. The van der Waals surface area contributed by atoms with Crippen LogP contribution in [0, 0.1) is 0 Å². The molecule has 0 fully saturated rings. The van der Waals surface area contributed by atoms with Crippen molar-refractivity contribution in [2.45, 2.75) is 6.54 Å². The van der Waals surface area contributed by atoms with Gasteiger partial charge in [-0.3, -0.25) is 4.99 Å². The Kier molecular flexibility index (Phi) is 4.98. The second-order valence-electron chi connectivity index (χ2n) is 6.35. The number of benzene rings is 2. The van der Waals surface area contributed by atoms with Crippen LogP contribution in [0.25, 0.3) is 10.6 Å². The minimum Gasteiger partial charge on any atom is -0.454 e. The molecule has 3 heterocycles. The van der Waals surface area contributed by atoms with Crippen LogP contribution in [0.3, 0.4) is 0 Å². The summed E-state index contributed by atoms with van der Waals surface area (Å²) in [6.45, 7) is 0.880. The minimum atomic E-state index is 0.264. The molecule has 7 heteroatoms. The van der Waals surface area contributed by atoms with E-state index >= 15 is 0 Å². The summed E-state index contributed by atoms with van der Waals surface area (Å²) in [5.74, 6) is 1.51. The minimum absolute atomic E-state index is 0.264. The number of aromatic nitrogens is 1. The molecule has 0 unspecified atom stereocenters. The number of ether oxygens (including phenoxy) is 2. The molecule has 1 aliphatic heterocycles. The molecule has 5 nitrogen and oxygen atoms in total. The van der Waals surface area contributed by atoms with Gasteiger partial charge in [0.25, 0.3) is 0 Å². The summed E-state index contributed by atoms with van der Waals surface area (Å²) in [5, 5.41) is 8.92. The number of thiazole rings is 1. The fourth-order valence-electron chi connectivity index (χ4n) is 2.97. The van der Waals surface area contributed by atoms with E-state index in [4.69, 9.17) is 19.6 Å². The van der Waals surface area contributed by atoms with Gasteiger partial charge in [0.2, 0.25) is 11.6 Å². The predicted molar refractivity (Wildman–Crippen MR) is 117 cm³/mol. The first-order valence-electron chi connectivity index (χ1n) is 9.10. The zero-order valence-corrected chi connectivity index (χ0v) is 17.0. The molecule has 0 aliphatic carbocycles. The zero-order valence-electron chi connectivity index (χ0n) is 15.4. The SMILES string of the molecule is C(=Nn1c(-c2cccs2)csc1=NCc1ccccc1)c1ccc2c(c1)OCO2. The number of thiophene rings is 1. The van der Waals surface area contributed by atoms with Gasteiger partial charge >= 0.3 is 0 Å². The van der Waals surface area contributed by atoms with Crippen LogP contribution in [-0.2, 0) is 6.54 Å².